The molecule has 0 aliphatic heterocycles. The molecule has 4 aromatic carbocycles. The first-order valence-electron chi connectivity index (χ1n) is 13.5. The van der Waals surface area contributed by atoms with E-state index in [1.807, 2.05) is 72.8 Å². The molecule has 0 saturated carbocycles. The van der Waals surface area contributed by atoms with E-state index in [1.54, 1.807) is 0 Å². The first-order valence-corrected chi connectivity index (χ1v) is 17.0. The smallest absolute Gasteiger partial charge is 0.164 e. The highest BCUT2D eigenvalue weighted by Gasteiger charge is 2.16. The van der Waals surface area contributed by atoms with Crippen molar-refractivity contribution in [3.63, 3.8) is 0 Å². The second-order valence-electron chi connectivity index (χ2n) is 10.9. The Hall–Kier alpha value is -4.74. The van der Waals surface area contributed by atoms with Crippen LogP contribution in [0.15, 0.2) is 127 Å². The molecule has 0 bridgehead atoms. The zero-order valence-corrected chi connectivity index (χ0v) is 23.9. The molecule has 0 aliphatic carbocycles. The lowest BCUT2D eigenvalue weighted by molar-refractivity contribution is 1.07. The molecule has 0 saturated heterocycles. The molecule has 0 amide bonds. The Morgan fingerprint density at radius 3 is 1.38 bits per heavy atom. The molecule has 2 heterocycles. The van der Waals surface area contributed by atoms with Crippen LogP contribution in [-0.2, 0) is 0 Å². The highest BCUT2D eigenvalue weighted by Crippen LogP contribution is 2.28. The van der Waals surface area contributed by atoms with Crippen LogP contribution >= 0.6 is 0 Å². The molecule has 4 nitrogen and oxygen atoms in total. The summed E-state index contributed by atoms with van der Waals surface area (Å²) in [6.07, 6.45) is 0. The quantitative estimate of drug-likeness (QED) is 0.202. The Morgan fingerprint density at radius 2 is 0.825 bits per heavy atom. The first kappa shape index (κ1) is 25.5. The van der Waals surface area contributed by atoms with Crippen LogP contribution in [0, 0.1) is 0 Å². The summed E-state index contributed by atoms with van der Waals surface area (Å²) in [5, 5.41) is 1.45. The predicted molar refractivity (Wildman–Crippen MR) is 168 cm³/mol. The summed E-state index contributed by atoms with van der Waals surface area (Å²) < 4.78 is 0. The summed E-state index contributed by atoms with van der Waals surface area (Å²) in [6, 6.07) is 43.4. The van der Waals surface area contributed by atoms with Crippen LogP contribution in [-0.4, -0.2) is 28.0 Å². The van der Waals surface area contributed by atoms with Gasteiger partial charge >= 0.3 is 0 Å². The number of benzene rings is 4. The second kappa shape index (κ2) is 10.8. The molecule has 2 aromatic heterocycles. The molecular formula is C35H30N4Si. The lowest BCUT2D eigenvalue weighted by atomic mass is 10.1. The lowest BCUT2D eigenvalue weighted by Crippen LogP contribution is -2.37. The Kier molecular flexibility index (Phi) is 6.89. The number of pyridine rings is 1. The summed E-state index contributed by atoms with van der Waals surface area (Å²) in [6.45, 7) is 7.10. The van der Waals surface area contributed by atoms with Gasteiger partial charge < -0.3 is 0 Å². The molecule has 5 heteroatoms. The van der Waals surface area contributed by atoms with Crippen LogP contribution in [0.4, 0.5) is 0 Å². The Balaban J connectivity index is 1.39. The average molecular weight is 535 g/mol. The maximum Gasteiger partial charge on any atom is 0.164 e. The average Bonchev–Trinajstić information content (AvgIpc) is 3.01. The van der Waals surface area contributed by atoms with Crippen LogP contribution in [0.1, 0.15) is 0 Å². The third kappa shape index (κ3) is 5.51. The summed E-state index contributed by atoms with van der Waals surface area (Å²) >= 11 is 0. The van der Waals surface area contributed by atoms with Crippen molar-refractivity contribution in [1.82, 2.24) is 19.9 Å². The summed E-state index contributed by atoms with van der Waals surface area (Å²) in [5.41, 5.74) is 6.83. The zero-order valence-electron chi connectivity index (χ0n) is 22.9. The number of hydrogen-bond acceptors (Lipinski definition) is 4. The van der Waals surface area contributed by atoms with Gasteiger partial charge in [-0.05, 0) is 18.2 Å². The fourth-order valence-corrected chi connectivity index (χ4v) is 5.82. The van der Waals surface area contributed by atoms with Crippen molar-refractivity contribution in [3.8, 4) is 56.7 Å². The van der Waals surface area contributed by atoms with E-state index in [4.69, 9.17) is 19.9 Å². The highest BCUT2D eigenvalue weighted by atomic mass is 28.3. The first-order chi connectivity index (χ1) is 19.4. The standard InChI is InChI=1S/C35H30N4Si/c1-40(2,3)30-22-20-25(21-23-30)31-18-11-19-32(36-31)28-16-10-17-29(24-28)35-38-33(26-12-6-4-7-13-26)37-34(39-35)27-14-8-5-9-15-27/h4-24H,1-3H3. The van der Waals surface area contributed by atoms with Gasteiger partial charge in [-0.3, -0.25) is 0 Å². The van der Waals surface area contributed by atoms with E-state index in [0.717, 1.165) is 39.2 Å². The van der Waals surface area contributed by atoms with Crippen molar-refractivity contribution < 1.29 is 0 Å². The van der Waals surface area contributed by atoms with Gasteiger partial charge in [0.1, 0.15) is 0 Å². The SMILES string of the molecule is C[Si](C)(C)c1ccc(-c2cccc(-c3cccc(-c4nc(-c5ccccc5)nc(-c5ccccc5)n4)c3)n2)cc1. The largest absolute Gasteiger partial charge is 0.248 e. The van der Waals surface area contributed by atoms with E-state index in [1.165, 1.54) is 5.19 Å². The molecule has 0 atom stereocenters. The van der Waals surface area contributed by atoms with Gasteiger partial charge in [0.2, 0.25) is 0 Å². The fraction of sp³-hybridized carbons (Fsp3) is 0.0857. The van der Waals surface area contributed by atoms with Crippen LogP contribution < -0.4 is 5.19 Å². The maximum atomic E-state index is 5.03. The monoisotopic (exact) mass is 534 g/mol. The van der Waals surface area contributed by atoms with Crippen LogP contribution in [0.3, 0.4) is 0 Å². The third-order valence-electron chi connectivity index (χ3n) is 6.91. The van der Waals surface area contributed by atoms with E-state index in [9.17, 15) is 0 Å². The minimum absolute atomic E-state index is 0.632. The number of aromatic nitrogens is 4. The molecule has 6 aromatic rings. The molecular weight excluding hydrogens is 504 g/mol. The van der Waals surface area contributed by atoms with Crippen molar-refractivity contribution in [2.75, 3.05) is 0 Å². The Morgan fingerprint density at radius 1 is 0.375 bits per heavy atom. The molecule has 40 heavy (non-hydrogen) atoms. The molecule has 0 N–H and O–H groups in total. The van der Waals surface area contributed by atoms with E-state index < -0.39 is 8.07 Å². The van der Waals surface area contributed by atoms with Crippen molar-refractivity contribution in [2.45, 2.75) is 19.6 Å². The Bertz CT molecular complexity index is 1700. The zero-order chi connectivity index (χ0) is 27.5. The van der Waals surface area contributed by atoms with Crippen LogP contribution in [0.25, 0.3) is 56.7 Å². The van der Waals surface area contributed by atoms with Crippen molar-refractivity contribution in [1.29, 1.82) is 0 Å². The van der Waals surface area contributed by atoms with Crippen LogP contribution in [0.2, 0.25) is 19.6 Å². The Labute approximate surface area is 236 Å². The predicted octanol–water partition coefficient (Wildman–Crippen LogP) is 8.15. The van der Waals surface area contributed by atoms with Crippen LogP contribution in [0.5, 0.6) is 0 Å². The van der Waals surface area contributed by atoms with Crippen molar-refractivity contribution in [3.05, 3.63) is 127 Å². The van der Waals surface area contributed by atoms with Gasteiger partial charge in [0, 0.05) is 27.8 Å². The van der Waals surface area contributed by atoms with Crippen molar-refractivity contribution in [2.24, 2.45) is 0 Å². The number of rotatable bonds is 6. The summed E-state index contributed by atoms with van der Waals surface area (Å²) in [7, 11) is -1.35. The van der Waals surface area contributed by atoms with Gasteiger partial charge in [0.15, 0.2) is 17.5 Å². The molecule has 0 unspecified atom stereocenters. The van der Waals surface area contributed by atoms with Crippen molar-refractivity contribution >= 4 is 13.3 Å². The lowest BCUT2D eigenvalue weighted by Gasteiger charge is -2.16. The molecule has 0 aliphatic rings. The van der Waals surface area contributed by atoms with E-state index in [-0.39, 0.29) is 0 Å². The van der Waals surface area contributed by atoms with E-state index in [2.05, 4.69) is 74.2 Å². The molecule has 6 rings (SSSR count). The van der Waals surface area contributed by atoms with Gasteiger partial charge in [-0.1, -0.05) is 134 Å². The summed E-state index contributed by atoms with van der Waals surface area (Å²) in [5.74, 6) is 1.93. The van der Waals surface area contributed by atoms with Gasteiger partial charge in [0.05, 0.1) is 19.5 Å². The van der Waals surface area contributed by atoms with Gasteiger partial charge in [-0.2, -0.15) is 0 Å². The third-order valence-corrected chi connectivity index (χ3v) is 8.98. The van der Waals surface area contributed by atoms with Gasteiger partial charge in [-0.15, -0.1) is 0 Å². The molecule has 0 radical (unpaired) electrons. The van der Waals surface area contributed by atoms with E-state index in [0.29, 0.717) is 17.5 Å². The molecule has 0 fully saturated rings. The summed E-state index contributed by atoms with van der Waals surface area (Å²) in [4.78, 5) is 19.6. The number of nitrogens with zero attached hydrogens (tertiary/aromatic N) is 4. The minimum Gasteiger partial charge on any atom is -0.248 e. The fourth-order valence-electron chi connectivity index (χ4n) is 4.65. The maximum absolute atomic E-state index is 5.03. The molecule has 194 valence electrons. The van der Waals surface area contributed by atoms with Gasteiger partial charge in [0.25, 0.3) is 0 Å². The molecule has 0 spiro atoms. The normalized spacial score (nSPS) is 11.4. The van der Waals surface area contributed by atoms with Gasteiger partial charge in [-0.25, -0.2) is 19.9 Å². The van der Waals surface area contributed by atoms with E-state index >= 15 is 0 Å². The number of hydrogen-bond donors (Lipinski definition) is 0. The minimum atomic E-state index is -1.35. The highest BCUT2D eigenvalue weighted by molar-refractivity contribution is 6.88. The topological polar surface area (TPSA) is 51.6 Å². The second-order valence-corrected chi connectivity index (χ2v) is 15.9.